The van der Waals surface area contributed by atoms with Crippen LogP contribution in [0.15, 0.2) is 63.1 Å². The molecule has 0 atom stereocenters. The van der Waals surface area contributed by atoms with E-state index in [1.165, 1.54) is 22.5 Å². The van der Waals surface area contributed by atoms with Gasteiger partial charge in [0.05, 0.1) is 10.5 Å². The quantitative estimate of drug-likeness (QED) is 0.427. The lowest BCUT2D eigenvalue weighted by Crippen LogP contribution is -2.30. The fourth-order valence-electron chi connectivity index (χ4n) is 2.87. The van der Waals surface area contributed by atoms with Gasteiger partial charge in [0.2, 0.25) is 15.9 Å². The van der Waals surface area contributed by atoms with Gasteiger partial charge in [-0.2, -0.15) is 17.5 Å². The molecule has 1 heterocycles. The van der Waals surface area contributed by atoms with Gasteiger partial charge >= 0.3 is 6.18 Å². The number of nitrogens with zero attached hydrogens (tertiary/aromatic N) is 3. The molecule has 0 aliphatic rings. The van der Waals surface area contributed by atoms with Gasteiger partial charge in [0.25, 0.3) is 5.22 Å². The minimum absolute atomic E-state index is 0.116. The summed E-state index contributed by atoms with van der Waals surface area (Å²) in [7, 11) is -3.64. The van der Waals surface area contributed by atoms with Crippen molar-refractivity contribution >= 4 is 21.8 Å². The summed E-state index contributed by atoms with van der Waals surface area (Å²) in [6, 6.07) is 11.2. The molecule has 11 heteroatoms. The van der Waals surface area contributed by atoms with Gasteiger partial charge in [-0.05, 0) is 29.8 Å². The minimum Gasteiger partial charge on any atom is -0.411 e. The van der Waals surface area contributed by atoms with Crippen LogP contribution in [0.25, 0.3) is 11.5 Å². The first-order valence-corrected chi connectivity index (χ1v) is 11.8. The van der Waals surface area contributed by atoms with Gasteiger partial charge in [-0.25, -0.2) is 8.42 Å². The van der Waals surface area contributed by atoms with Gasteiger partial charge in [0, 0.05) is 24.4 Å². The van der Waals surface area contributed by atoms with Crippen LogP contribution in [0.4, 0.5) is 13.2 Å². The Bertz CT molecular complexity index is 1140. The molecule has 0 saturated heterocycles. The van der Waals surface area contributed by atoms with Crippen LogP contribution in [-0.2, 0) is 22.0 Å². The minimum atomic E-state index is -4.41. The van der Waals surface area contributed by atoms with E-state index in [0.29, 0.717) is 24.2 Å². The van der Waals surface area contributed by atoms with E-state index < -0.39 is 21.8 Å². The molecule has 166 valence electrons. The van der Waals surface area contributed by atoms with Crippen LogP contribution in [0.1, 0.15) is 25.0 Å². The lowest BCUT2D eigenvalue weighted by atomic mass is 10.1. The molecule has 0 aliphatic heterocycles. The maximum Gasteiger partial charge on any atom is 0.416 e. The maximum absolute atomic E-state index is 12.8. The van der Waals surface area contributed by atoms with Gasteiger partial charge in [-0.15, -0.1) is 10.2 Å². The number of rotatable bonds is 8. The number of thioether (sulfide) groups is 1. The molecular formula is C20H20F3N3O3S2. The van der Waals surface area contributed by atoms with Gasteiger partial charge in [0.15, 0.2) is 0 Å². The van der Waals surface area contributed by atoms with E-state index in [4.69, 9.17) is 4.42 Å². The number of aromatic nitrogens is 2. The zero-order valence-corrected chi connectivity index (χ0v) is 18.4. The highest BCUT2D eigenvalue weighted by atomic mass is 32.2. The molecule has 0 bridgehead atoms. The van der Waals surface area contributed by atoms with Crippen LogP contribution in [-0.4, -0.2) is 36.0 Å². The highest BCUT2D eigenvalue weighted by molar-refractivity contribution is 7.98. The standard InChI is InChI=1S/C20H20F3N3O3S2/c1-3-26(4-2)31(27,28)17-10-6-8-15(12-17)18-24-25-19(29-18)30-13-14-7-5-9-16(11-14)20(21,22)23/h5-12H,3-4,13H2,1-2H3. The first-order valence-electron chi connectivity index (χ1n) is 9.38. The van der Waals surface area contributed by atoms with Crippen molar-refractivity contribution in [3.8, 4) is 11.5 Å². The molecule has 31 heavy (non-hydrogen) atoms. The van der Waals surface area contributed by atoms with Gasteiger partial charge in [-0.3, -0.25) is 0 Å². The molecule has 0 radical (unpaired) electrons. The summed E-state index contributed by atoms with van der Waals surface area (Å²) >= 11 is 1.10. The van der Waals surface area contributed by atoms with Crippen molar-refractivity contribution in [2.45, 2.75) is 35.9 Å². The Kier molecular flexibility index (Phi) is 7.07. The summed E-state index contributed by atoms with van der Waals surface area (Å²) in [5, 5.41) is 8.01. The van der Waals surface area contributed by atoms with E-state index in [1.807, 2.05) is 0 Å². The Balaban J connectivity index is 1.76. The molecule has 0 unspecified atom stereocenters. The number of sulfonamides is 1. The summed E-state index contributed by atoms with van der Waals surface area (Å²) in [5.41, 5.74) is 0.182. The van der Waals surface area contributed by atoms with Crippen molar-refractivity contribution in [3.05, 3.63) is 59.7 Å². The zero-order valence-electron chi connectivity index (χ0n) is 16.8. The van der Waals surface area contributed by atoms with Crippen molar-refractivity contribution in [3.63, 3.8) is 0 Å². The summed E-state index contributed by atoms with van der Waals surface area (Å²) in [4.78, 5) is 0.116. The SMILES string of the molecule is CCN(CC)S(=O)(=O)c1cccc(-c2nnc(SCc3cccc(C(F)(F)F)c3)o2)c1. The molecule has 0 saturated carbocycles. The Morgan fingerprint density at radius 1 is 1.03 bits per heavy atom. The molecule has 0 aliphatic carbocycles. The number of halogens is 3. The van der Waals surface area contributed by atoms with Crippen LogP contribution in [0, 0.1) is 0 Å². The third-order valence-corrected chi connectivity index (χ3v) is 7.38. The smallest absolute Gasteiger partial charge is 0.411 e. The summed E-state index contributed by atoms with van der Waals surface area (Å²) in [5.74, 6) is 0.338. The lowest BCUT2D eigenvalue weighted by molar-refractivity contribution is -0.137. The van der Waals surface area contributed by atoms with Crippen molar-refractivity contribution in [2.75, 3.05) is 13.1 Å². The molecule has 0 spiro atoms. The normalized spacial score (nSPS) is 12.5. The number of hydrogen-bond acceptors (Lipinski definition) is 6. The predicted octanol–water partition coefficient (Wildman–Crippen LogP) is 5.08. The van der Waals surface area contributed by atoms with Crippen molar-refractivity contribution in [1.29, 1.82) is 0 Å². The van der Waals surface area contributed by atoms with Crippen LogP contribution in [0.5, 0.6) is 0 Å². The molecule has 2 aromatic carbocycles. The lowest BCUT2D eigenvalue weighted by Gasteiger charge is -2.18. The van der Waals surface area contributed by atoms with E-state index in [2.05, 4.69) is 10.2 Å². The third kappa shape index (κ3) is 5.46. The van der Waals surface area contributed by atoms with E-state index in [-0.39, 0.29) is 21.8 Å². The average Bonchev–Trinajstić information content (AvgIpc) is 3.22. The molecular weight excluding hydrogens is 451 g/mol. The predicted molar refractivity (Wildman–Crippen MR) is 111 cm³/mol. The van der Waals surface area contributed by atoms with E-state index in [1.54, 1.807) is 32.0 Å². The summed E-state index contributed by atoms with van der Waals surface area (Å²) in [6.07, 6.45) is -4.41. The Hall–Kier alpha value is -2.37. The Labute approximate surface area is 182 Å². The molecule has 1 aromatic heterocycles. The van der Waals surface area contributed by atoms with Crippen LogP contribution in [0.3, 0.4) is 0 Å². The molecule has 0 amide bonds. The second-order valence-corrected chi connectivity index (χ2v) is 9.34. The molecule has 3 rings (SSSR count). The van der Waals surface area contributed by atoms with Crippen LogP contribution >= 0.6 is 11.8 Å². The highest BCUT2D eigenvalue weighted by Crippen LogP contribution is 2.32. The highest BCUT2D eigenvalue weighted by Gasteiger charge is 2.30. The van der Waals surface area contributed by atoms with Gasteiger partial charge in [-0.1, -0.05) is 49.9 Å². The molecule has 0 N–H and O–H groups in total. The fourth-order valence-corrected chi connectivity index (χ4v) is 5.08. The summed E-state index contributed by atoms with van der Waals surface area (Å²) < 4.78 is 70.9. The summed E-state index contributed by atoms with van der Waals surface area (Å²) in [6.45, 7) is 4.22. The van der Waals surface area contributed by atoms with E-state index in [9.17, 15) is 21.6 Å². The van der Waals surface area contributed by atoms with E-state index in [0.717, 1.165) is 23.9 Å². The first kappa shape index (κ1) is 23.3. The average molecular weight is 472 g/mol. The number of benzene rings is 2. The van der Waals surface area contributed by atoms with Gasteiger partial charge in [0.1, 0.15) is 0 Å². The van der Waals surface area contributed by atoms with Crippen LogP contribution in [0.2, 0.25) is 0 Å². The fraction of sp³-hybridized carbons (Fsp3) is 0.300. The third-order valence-electron chi connectivity index (χ3n) is 4.45. The number of hydrogen-bond donors (Lipinski definition) is 0. The molecule has 3 aromatic rings. The Morgan fingerprint density at radius 3 is 2.42 bits per heavy atom. The second kappa shape index (κ2) is 9.41. The Morgan fingerprint density at radius 2 is 1.74 bits per heavy atom. The molecule has 6 nitrogen and oxygen atoms in total. The molecule has 0 fully saturated rings. The first-order chi connectivity index (χ1) is 14.6. The van der Waals surface area contributed by atoms with E-state index >= 15 is 0 Å². The van der Waals surface area contributed by atoms with Crippen LogP contribution < -0.4 is 0 Å². The van der Waals surface area contributed by atoms with Gasteiger partial charge < -0.3 is 4.42 Å². The second-order valence-electron chi connectivity index (χ2n) is 6.48. The monoisotopic (exact) mass is 471 g/mol. The number of alkyl halides is 3. The maximum atomic E-state index is 12.8. The largest absolute Gasteiger partial charge is 0.416 e. The van der Waals surface area contributed by atoms with Crippen molar-refractivity contribution in [2.24, 2.45) is 0 Å². The zero-order chi connectivity index (χ0) is 22.6. The van der Waals surface area contributed by atoms with Crippen molar-refractivity contribution < 1.29 is 26.0 Å². The van der Waals surface area contributed by atoms with Crippen molar-refractivity contribution in [1.82, 2.24) is 14.5 Å². The topological polar surface area (TPSA) is 76.3 Å².